The summed E-state index contributed by atoms with van der Waals surface area (Å²) in [7, 11) is 0. The van der Waals surface area contributed by atoms with E-state index >= 15 is 0 Å². The molecule has 1 aromatic carbocycles. The molecule has 1 aromatic heterocycles. The van der Waals surface area contributed by atoms with Crippen LogP contribution < -0.4 is 4.74 Å². The highest BCUT2D eigenvalue weighted by Gasteiger charge is 2.32. The van der Waals surface area contributed by atoms with Gasteiger partial charge in [0.05, 0.1) is 18.0 Å². The summed E-state index contributed by atoms with van der Waals surface area (Å²) in [5.41, 5.74) is 0.904. The van der Waals surface area contributed by atoms with Gasteiger partial charge >= 0.3 is 6.36 Å². The van der Waals surface area contributed by atoms with Gasteiger partial charge in [-0.2, -0.15) is 0 Å². The first kappa shape index (κ1) is 13.4. The van der Waals surface area contributed by atoms with E-state index in [-0.39, 0.29) is 17.9 Å². The fourth-order valence-electron chi connectivity index (χ4n) is 1.61. The summed E-state index contributed by atoms with van der Waals surface area (Å²) in [6, 6.07) is 10.5. The van der Waals surface area contributed by atoms with Gasteiger partial charge in [-0.05, 0) is 24.3 Å². The van der Waals surface area contributed by atoms with Gasteiger partial charge in [-0.25, -0.2) is 0 Å². The Balaban J connectivity index is 2.44. The number of para-hydroxylation sites is 1. The molecule has 0 atom stereocenters. The van der Waals surface area contributed by atoms with Crippen molar-refractivity contribution >= 4 is 0 Å². The summed E-state index contributed by atoms with van der Waals surface area (Å²) in [6.45, 7) is -0.282. The maximum atomic E-state index is 12.3. The highest BCUT2D eigenvalue weighted by atomic mass is 19.4. The van der Waals surface area contributed by atoms with Crippen LogP contribution in [0.3, 0.4) is 0 Å². The first-order valence-electron chi connectivity index (χ1n) is 5.41. The minimum absolute atomic E-state index is 0.218. The maximum absolute atomic E-state index is 12.3. The molecule has 0 aliphatic heterocycles. The van der Waals surface area contributed by atoms with Crippen LogP contribution in [0.1, 0.15) is 5.69 Å². The molecule has 0 radical (unpaired) electrons. The zero-order valence-electron chi connectivity index (χ0n) is 9.69. The molecule has 0 unspecified atom stereocenters. The summed E-state index contributed by atoms with van der Waals surface area (Å²) in [5.74, 6) is -0.322. The van der Waals surface area contributed by atoms with Crippen molar-refractivity contribution in [3.63, 3.8) is 0 Å². The molecule has 1 heterocycles. The summed E-state index contributed by atoms with van der Waals surface area (Å²) < 4.78 is 40.9. The molecule has 0 amide bonds. The lowest BCUT2D eigenvalue weighted by Crippen LogP contribution is -2.17. The van der Waals surface area contributed by atoms with Crippen molar-refractivity contribution in [1.82, 2.24) is 4.98 Å². The SMILES string of the molecule is OCc1cccc(-c2ccccc2OC(F)(F)F)n1. The van der Waals surface area contributed by atoms with Gasteiger partial charge in [-0.1, -0.05) is 18.2 Å². The van der Waals surface area contributed by atoms with E-state index in [1.54, 1.807) is 24.3 Å². The number of hydrogen-bond acceptors (Lipinski definition) is 3. The predicted octanol–water partition coefficient (Wildman–Crippen LogP) is 3.14. The number of benzene rings is 1. The standard InChI is InChI=1S/C13H10F3NO2/c14-13(15,16)19-12-7-2-1-5-10(12)11-6-3-4-9(8-18)17-11/h1-7,18H,8H2. The highest BCUT2D eigenvalue weighted by Crippen LogP contribution is 2.32. The number of alkyl halides is 3. The average molecular weight is 269 g/mol. The number of ether oxygens (including phenoxy) is 1. The molecule has 0 fully saturated rings. The van der Waals surface area contributed by atoms with Crippen molar-refractivity contribution in [2.75, 3.05) is 0 Å². The lowest BCUT2D eigenvalue weighted by Gasteiger charge is -2.13. The van der Waals surface area contributed by atoms with Crippen molar-refractivity contribution in [3.05, 3.63) is 48.2 Å². The van der Waals surface area contributed by atoms with Gasteiger partial charge in [0, 0.05) is 5.56 Å². The lowest BCUT2D eigenvalue weighted by atomic mass is 10.1. The Labute approximate surface area is 107 Å². The van der Waals surface area contributed by atoms with Gasteiger partial charge in [-0.15, -0.1) is 13.2 Å². The van der Waals surface area contributed by atoms with E-state index in [4.69, 9.17) is 5.11 Å². The average Bonchev–Trinajstić information content (AvgIpc) is 2.37. The Hall–Kier alpha value is -2.08. The normalized spacial score (nSPS) is 11.4. The number of halogens is 3. The van der Waals surface area contributed by atoms with Crippen LogP contribution >= 0.6 is 0 Å². The third-order valence-electron chi connectivity index (χ3n) is 2.36. The molecule has 0 spiro atoms. The molecule has 3 nitrogen and oxygen atoms in total. The zero-order valence-corrected chi connectivity index (χ0v) is 9.69. The first-order chi connectivity index (χ1) is 8.99. The van der Waals surface area contributed by atoms with Crippen molar-refractivity contribution in [1.29, 1.82) is 0 Å². The predicted molar refractivity (Wildman–Crippen MR) is 62.3 cm³/mol. The van der Waals surface area contributed by atoms with Gasteiger partial charge in [0.1, 0.15) is 5.75 Å². The topological polar surface area (TPSA) is 42.4 Å². The summed E-state index contributed by atoms with van der Waals surface area (Å²) in [6.07, 6.45) is -4.76. The number of aliphatic hydroxyl groups excluding tert-OH is 1. The Morgan fingerprint density at radius 2 is 1.79 bits per heavy atom. The first-order valence-corrected chi connectivity index (χ1v) is 5.41. The van der Waals surface area contributed by atoms with Crippen molar-refractivity contribution in [2.24, 2.45) is 0 Å². The Morgan fingerprint density at radius 3 is 2.47 bits per heavy atom. The van der Waals surface area contributed by atoms with Crippen LogP contribution in [0.25, 0.3) is 11.3 Å². The largest absolute Gasteiger partial charge is 0.573 e. The van der Waals surface area contributed by atoms with Crippen LogP contribution in [0.4, 0.5) is 13.2 Å². The second kappa shape index (κ2) is 5.27. The van der Waals surface area contributed by atoms with E-state index in [1.165, 1.54) is 18.2 Å². The molecule has 2 aromatic rings. The van der Waals surface area contributed by atoms with Gasteiger partial charge in [0.25, 0.3) is 0 Å². The van der Waals surface area contributed by atoms with Crippen molar-refractivity contribution in [2.45, 2.75) is 13.0 Å². The second-order valence-corrected chi connectivity index (χ2v) is 3.72. The molecular weight excluding hydrogens is 259 g/mol. The van der Waals surface area contributed by atoms with E-state index < -0.39 is 6.36 Å². The number of aliphatic hydroxyl groups is 1. The molecule has 1 N–H and O–H groups in total. The Morgan fingerprint density at radius 1 is 1.05 bits per heavy atom. The molecule has 0 aliphatic carbocycles. The molecule has 100 valence electrons. The van der Waals surface area contributed by atoms with Crippen molar-refractivity contribution in [3.8, 4) is 17.0 Å². The minimum Gasteiger partial charge on any atom is -0.405 e. The second-order valence-electron chi connectivity index (χ2n) is 3.72. The number of aromatic nitrogens is 1. The lowest BCUT2D eigenvalue weighted by molar-refractivity contribution is -0.274. The maximum Gasteiger partial charge on any atom is 0.573 e. The zero-order chi connectivity index (χ0) is 13.9. The fourth-order valence-corrected chi connectivity index (χ4v) is 1.61. The van der Waals surface area contributed by atoms with Crippen LogP contribution in [-0.2, 0) is 6.61 Å². The Bertz CT molecular complexity index is 570. The third-order valence-corrected chi connectivity index (χ3v) is 2.36. The Kier molecular flexibility index (Phi) is 3.71. The van der Waals surface area contributed by atoms with Crippen molar-refractivity contribution < 1.29 is 23.0 Å². The molecule has 0 bridgehead atoms. The molecule has 0 aliphatic rings. The summed E-state index contributed by atoms with van der Waals surface area (Å²) in [4.78, 5) is 4.05. The fraction of sp³-hybridized carbons (Fsp3) is 0.154. The van der Waals surface area contributed by atoms with E-state index in [0.29, 0.717) is 11.4 Å². The van der Waals surface area contributed by atoms with Crippen LogP contribution in [0.2, 0.25) is 0 Å². The van der Waals surface area contributed by atoms with Gasteiger partial charge in [-0.3, -0.25) is 4.98 Å². The van der Waals surface area contributed by atoms with Crippen LogP contribution in [0.15, 0.2) is 42.5 Å². The number of nitrogens with zero attached hydrogens (tertiary/aromatic N) is 1. The van der Waals surface area contributed by atoms with Gasteiger partial charge in [0.15, 0.2) is 0 Å². The smallest absolute Gasteiger partial charge is 0.405 e. The van der Waals surface area contributed by atoms with E-state index in [9.17, 15) is 13.2 Å². The summed E-state index contributed by atoms with van der Waals surface area (Å²) in [5, 5.41) is 8.99. The number of pyridine rings is 1. The van der Waals surface area contributed by atoms with Crippen LogP contribution in [-0.4, -0.2) is 16.5 Å². The minimum atomic E-state index is -4.76. The molecule has 0 saturated heterocycles. The molecular formula is C13H10F3NO2. The van der Waals surface area contributed by atoms with E-state index in [1.807, 2.05) is 0 Å². The quantitative estimate of drug-likeness (QED) is 0.930. The summed E-state index contributed by atoms with van der Waals surface area (Å²) >= 11 is 0. The number of rotatable bonds is 3. The monoisotopic (exact) mass is 269 g/mol. The molecule has 2 rings (SSSR count). The highest BCUT2D eigenvalue weighted by molar-refractivity contribution is 5.67. The third kappa shape index (κ3) is 3.45. The molecule has 0 saturated carbocycles. The number of hydrogen-bond donors (Lipinski definition) is 1. The van der Waals surface area contributed by atoms with E-state index in [0.717, 1.165) is 0 Å². The van der Waals surface area contributed by atoms with Gasteiger partial charge < -0.3 is 9.84 Å². The van der Waals surface area contributed by atoms with Crippen LogP contribution in [0, 0.1) is 0 Å². The molecule has 19 heavy (non-hydrogen) atoms. The molecule has 6 heteroatoms. The van der Waals surface area contributed by atoms with Crippen LogP contribution in [0.5, 0.6) is 5.75 Å². The van der Waals surface area contributed by atoms with Gasteiger partial charge in [0.2, 0.25) is 0 Å². The van der Waals surface area contributed by atoms with E-state index in [2.05, 4.69) is 9.72 Å².